The third kappa shape index (κ3) is 1.68. The van der Waals surface area contributed by atoms with Crippen LogP contribution in [0, 0.1) is 0 Å². The maximum atomic E-state index is 11.0. The summed E-state index contributed by atoms with van der Waals surface area (Å²) in [6.45, 7) is 0. The second kappa shape index (κ2) is 3.76. The molecule has 0 radical (unpaired) electrons. The van der Waals surface area contributed by atoms with Gasteiger partial charge in [0.2, 0.25) is 5.22 Å². The summed E-state index contributed by atoms with van der Waals surface area (Å²) in [5, 5.41) is 8.96. The second-order valence-electron chi connectivity index (χ2n) is 3.03. The van der Waals surface area contributed by atoms with Gasteiger partial charge in [0.05, 0.1) is 5.03 Å². The molecule has 1 aliphatic heterocycles. The normalized spacial score (nSPS) is 19.5. The van der Waals surface area contributed by atoms with Crippen molar-refractivity contribution in [3.05, 3.63) is 40.1 Å². The van der Waals surface area contributed by atoms with Gasteiger partial charge in [-0.05, 0) is 17.7 Å². The number of fused-ring (bicyclic) bond motifs is 1. The third-order valence-electron chi connectivity index (χ3n) is 2.12. The average Bonchev–Trinajstić information content (AvgIpc) is 2.19. The van der Waals surface area contributed by atoms with Crippen LogP contribution >= 0.6 is 23.2 Å². The molecule has 0 saturated carbocycles. The number of rotatable bonds is 1. The topological polar surface area (TPSA) is 46.5 Å². The predicted octanol–water partition coefficient (Wildman–Crippen LogP) is 2.89. The fourth-order valence-corrected chi connectivity index (χ4v) is 1.89. The van der Waals surface area contributed by atoms with E-state index in [0.717, 1.165) is 0 Å². The summed E-state index contributed by atoms with van der Waals surface area (Å²) in [6.07, 6.45) is 0. The molecule has 1 atom stereocenters. The SMILES string of the molecule is O=C(O)C1C(Cl)=C(Cl)Oc2ccccc21. The Labute approximate surface area is 95.9 Å². The molecule has 0 bridgehead atoms. The highest BCUT2D eigenvalue weighted by molar-refractivity contribution is 6.40. The summed E-state index contributed by atoms with van der Waals surface area (Å²) in [6, 6.07) is 6.76. The lowest BCUT2D eigenvalue weighted by molar-refractivity contribution is -0.137. The Kier molecular flexibility index (Phi) is 2.59. The van der Waals surface area contributed by atoms with Crippen LogP contribution in [-0.2, 0) is 4.79 Å². The van der Waals surface area contributed by atoms with Gasteiger partial charge in [-0.2, -0.15) is 0 Å². The molecule has 3 nitrogen and oxygen atoms in total. The van der Waals surface area contributed by atoms with Crippen LogP contribution in [0.4, 0.5) is 0 Å². The van der Waals surface area contributed by atoms with Crippen LogP contribution in [0.25, 0.3) is 0 Å². The van der Waals surface area contributed by atoms with Crippen LogP contribution in [0.15, 0.2) is 34.5 Å². The van der Waals surface area contributed by atoms with E-state index in [9.17, 15) is 4.79 Å². The van der Waals surface area contributed by atoms with Gasteiger partial charge in [-0.3, -0.25) is 4.79 Å². The zero-order valence-electron chi connectivity index (χ0n) is 7.41. The van der Waals surface area contributed by atoms with Crippen LogP contribution in [0.5, 0.6) is 5.75 Å². The van der Waals surface area contributed by atoms with Gasteiger partial charge in [-0.15, -0.1) is 0 Å². The van der Waals surface area contributed by atoms with Gasteiger partial charge in [0, 0.05) is 5.56 Å². The molecular formula is C10H6Cl2O3. The van der Waals surface area contributed by atoms with Gasteiger partial charge in [-0.25, -0.2) is 0 Å². The minimum Gasteiger partial charge on any atom is -0.481 e. The first-order chi connectivity index (χ1) is 7.11. The first-order valence-corrected chi connectivity index (χ1v) is 4.91. The average molecular weight is 245 g/mol. The first-order valence-electron chi connectivity index (χ1n) is 4.16. The molecule has 1 heterocycles. The standard InChI is InChI=1S/C10H6Cl2O3/c11-8-7(10(13)14)5-3-1-2-4-6(5)15-9(8)12/h1-4,7H,(H,13,14). The van der Waals surface area contributed by atoms with Crippen molar-refractivity contribution in [1.29, 1.82) is 0 Å². The highest BCUT2D eigenvalue weighted by Crippen LogP contribution is 2.41. The van der Waals surface area contributed by atoms with Crippen molar-refractivity contribution in [3.63, 3.8) is 0 Å². The molecule has 1 aromatic carbocycles. The number of para-hydroxylation sites is 1. The Morgan fingerprint density at radius 3 is 2.67 bits per heavy atom. The van der Waals surface area contributed by atoms with Gasteiger partial charge in [0.15, 0.2) is 0 Å². The summed E-state index contributed by atoms with van der Waals surface area (Å²) in [5.41, 5.74) is 0.513. The third-order valence-corrected chi connectivity index (χ3v) is 2.89. The molecule has 78 valence electrons. The van der Waals surface area contributed by atoms with Gasteiger partial charge in [0.1, 0.15) is 11.7 Å². The highest BCUT2D eigenvalue weighted by atomic mass is 35.5. The number of ether oxygens (including phenoxy) is 1. The molecule has 0 aliphatic carbocycles. The van der Waals surface area contributed by atoms with Crippen molar-refractivity contribution in [1.82, 2.24) is 0 Å². The van der Waals surface area contributed by atoms with Crippen molar-refractivity contribution < 1.29 is 14.6 Å². The predicted molar refractivity (Wildman–Crippen MR) is 56.2 cm³/mol. The molecule has 1 aliphatic rings. The largest absolute Gasteiger partial charge is 0.481 e. The number of carboxylic acids is 1. The Balaban J connectivity index is 2.58. The van der Waals surface area contributed by atoms with E-state index >= 15 is 0 Å². The maximum Gasteiger partial charge on any atom is 0.316 e. The van der Waals surface area contributed by atoms with E-state index in [1.807, 2.05) is 0 Å². The van der Waals surface area contributed by atoms with Crippen molar-refractivity contribution in [3.8, 4) is 5.75 Å². The minimum atomic E-state index is -1.05. The molecule has 0 saturated heterocycles. The number of aliphatic carboxylic acids is 1. The molecule has 0 fully saturated rings. The molecule has 15 heavy (non-hydrogen) atoms. The Bertz CT molecular complexity index is 454. The minimum absolute atomic E-state index is 0.00265. The lowest BCUT2D eigenvalue weighted by Gasteiger charge is -2.22. The van der Waals surface area contributed by atoms with Crippen LogP contribution in [0.1, 0.15) is 11.5 Å². The van der Waals surface area contributed by atoms with E-state index < -0.39 is 11.9 Å². The second-order valence-corrected chi connectivity index (χ2v) is 3.78. The van der Waals surface area contributed by atoms with Crippen LogP contribution in [-0.4, -0.2) is 11.1 Å². The highest BCUT2D eigenvalue weighted by Gasteiger charge is 2.33. The van der Waals surface area contributed by atoms with Crippen LogP contribution < -0.4 is 4.74 Å². The quantitative estimate of drug-likeness (QED) is 0.827. The number of halogens is 2. The molecule has 5 heteroatoms. The molecule has 1 unspecified atom stereocenters. The van der Waals surface area contributed by atoms with Gasteiger partial charge in [-0.1, -0.05) is 29.8 Å². The van der Waals surface area contributed by atoms with E-state index in [1.165, 1.54) is 0 Å². The van der Waals surface area contributed by atoms with Crippen molar-refractivity contribution in [2.75, 3.05) is 0 Å². The molecule has 0 spiro atoms. The summed E-state index contributed by atoms with van der Waals surface area (Å²) in [5.74, 6) is -1.56. The zero-order chi connectivity index (χ0) is 11.0. The molecule has 1 N–H and O–H groups in total. The first kappa shape index (κ1) is 10.3. The van der Waals surface area contributed by atoms with Crippen LogP contribution in [0.2, 0.25) is 0 Å². The Hall–Kier alpha value is -1.19. The number of carbonyl (C=O) groups is 1. The van der Waals surface area contributed by atoms with Crippen molar-refractivity contribution in [2.24, 2.45) is 0 Å². The molecule has 0 amide bonds. The van der Waals surface area contributed by atoms with Crippen LogP contribution in [0.3, 0.4) is 0 Å². The van der Waals surface area contributed by atoms with E-state index in [4.69, 9.17) is 33.0 Å². The summed E-state index contributed by atoms with van der Waals surface area (Å²) in [7, 11) is 0. The Morgan fingerprint density at radius 2 is 2.00 bits per heavy atom. The van der Waals surface area contributed by atoms with E-state index in [-0.39, 0.29) is 10.3 Å². The zero-order valence-corrected chi connectivity index (χ0v) is 8.92. The maximum absolute atomic E-state index is 11.0. The molecule has 0 aromatic heterocycles. The van der Waals surface area contributed by atoms with E-state index in [2.05, 4.69) is 0 Å². The van der Waals surface area contributed by atoms with E-state index in [0.29, 0.717) is 11.3 Å². The summed E-state index contributed by atoms with van der Waals surface area (Å²) >= 11 is 11.5. The number of hydrogen-bond acceptors (Lipinski definition) is 2. The van der Waals surface area contributed by atoms with Gasteiger partial charge >= 0.3 is 5.97 Å². The van der Waals surface area contributed by atoms with Gasteiger partial charge in [0.25, 0.3) is 0 Å². The molecular weight excluding hydrogens is 239 g/mol. The fraction of sp³-hybridized carbons (Fsp3) is 0.100. The molecule has 1 aromatic rings. The van der Waals surface area contributed by atoms with E-state index in [1.54, 1.807) is 24.3 Å². The lowest BCUT2D eigenvalue weighted by atomic mass is 9.97. The Morgan fingerprint density at radius 1 is 1.33 bits per heavy atom. The smallest absolute Gasteiger partial charge is 0.316 e. The fourth-order valence-electron chi connectivity index (χ4n) is 1.45. The van der Waals surface area contributed by atoms with Crippen molar-refractivity contribution >= 4 is 29.2 Å². The van der Waals surface area contributed by atoms with Gasteiger partial charge < -0.3 is 9.84 Å². The number of carboxylic acid groups (broad SMARTS) is 1. The number of hydrogen-bond donors (Lipinski definition) is 1. The summed E-state index contributed by atoms with van der Waals surface area (Å²) < 4.78 is 5.17. The monoisotopic (exact) mass is 244 g/mol. The number of benzene rings is 1. The lowest BCUT2D eigenvalue weighted by Crippen LogP contribution is -2.18. The molecule has 2 rings (SSSR count). The van der Waals surface area contributed by atoms with Crippen molar-refractivity contribution in [2.45, 2.75) is 5.92 Å². The summed E-state index contributed by atoms with van der Waals surface area (Å²) in [4.78, 5) is 11.0.